The highest BCUT2D eigenvalue weighted by molar-refractivity contribution is 6.04. The molecule has 7 rings (SSSR count). The zero-order chi connectivity index (χ0) is 36.2. The van der Waals surface area contributed by atoms with Crippen LogP contribution in [0.2, 0.25) is 0 Å². The van der Waals surface area contributed by atoms with Gasteiger partial charge in [-0.25, -0.2) is 9.78 Å². The van der Waals surface area contributed by atoms with Crippen LogP contribution in [0.5, 0.6) is 5.88 Å². The number of anilines is 1. The zero-order valence-electron chi connectivity index (χ0n) is 29.7. The molecule has 2 aromatic carbocycles. The number of hydrogen-bond donors (Lipinski definition) is 3. The highest BCUT2D eigenvalue weighted by Crippen LogP contribution is 2.46. The first-order chi connectivity index (χ1) is 24.4. The Kier molecular flexibility index (Phi) is 8.92. The molecule has 3 aliphatic rings. The van der Waals surface area contributed by atoms with Gasteiger partial charge in [-0.3, -0.25) is 28.4 Å². The zero-order valence-corrected chi connectivity index (χ0v) is 29.7. The van der Waals surface area contributed by atoms with Gasteiger partial charge in [-0.05, 0) is 86.4 Å². The average Bonchev–Trinajstić information content (AvgIpc) is 3.83. The number of aliphatic hydroxyl groups excluding tert-OH is 1. The van der Waals surface area contributed by atoms with Crippen molar-refractivity contribution in [3.05, 3.63) is 97.3 Å². The Labute approximate surface area is 296 Å². The van der Waals surface area contributed by atoms with E-state index in [4.69, 9.17) is 9.72 Å². The minimum atomic E-state index is -0.843. The van der Waals surface area contributed by atoms with Crippen molar-refractivity contribution >= 4 is 17.5 Å². The second-order valence-electron chi connectivity index (χ2n) is 14.3. The SMILES string of the molecule is COc1nc(-c2cccc(-c3cccc(NC(=O)c4cn(C[C@H](C)O)c(=O)n(C)c4=O)c3C)c2C)cc2c1C(N1CC[C@@]3(CCC(=O)N3)C1)CC2. The highest BCUT2D eigenvalue weighted by Gasteiger charge is 2.46. The maximum Gasteiger partial charge on any atom is 0.330 e. The topological polar surface area (TPSA) is 148 Å². The van der Waals surface area contributed by atoms with Crippen LogP contribution in [0.1, 0.15) is 71.3 Å². The third-order valence-electron chi connectivity index (χ3n) is 10.9. The number of benzene rings is 2. The van der Waals surface area contributed by atoms with Crippen LogP contribution in [-0.4, -0.2) is 67.8 Å². The summed E-state index contributed by atoms with van der Waals surface area (Å²) < 4.78 is 7.99. The summed E-state index contributed by atoms with van der Waals surface area (Å²) in [5.41, 5.74) is 6.79. The van der Waals surface area contributed by atoms with Crippen molar-refractivity contribution in [2.45, 2.75) is 77.1 Å². The van der Waals surface area contributed by atoms with Crippen molar-refractivity contribution in [1.29, 1.82) is 0 Å². The molecule has 2 fully saturated rings. The van der Waals surface area contributed by atoms with E-state index in [1.165, 1.54) is 30.3 Å². The molecule has 1 unspecified atom stereocenters. The fraction of sp³-hybridized carbons (Fsp3) is 0.410. The summed E-state index contributed by atoms with van der Waals surface area (Å²) in [6.45, 7) is 7.23. The molecule has 3 N–H and O–H groups in total. The fourth-order valence-electron chi connectivity index (χ4n) is 8.25. The van der Waals surface area contributed by atoms with Gasteiger partial charge in [0.25, 0.3) is 11.5 Å². The van der Waals surface area contributed by atoms with Crippen molar-refractivity contribution in [3.63, 3.8) is 0 Å². The smallest absolute Gasteiger partial charge is 0.330 e. The summed E-state index contributed by atoms with van der Waals surface area (Å²) in [6, 6.07) is 14.1. The fourth-order valence-corrected chi connectivity index (χ4v) is 8.25. The second-order valence-corrected chi connectivity index (χ2v) is 14.3. The molecule has 3 atom stereocenters. The Balaban J connectivity index is 1.18. The first kappa shape index (κ1) is 34.4. The third-order valence-corrected chi connectivity index (χ3v) is 10.9. The molecule has 2 aliphatic heterocycles. The average molecular weight is 693 g/mol. The Bertz CT molecular complexity index is 2190. The minimum absolute atomic E-state index is 0.0527. The van der Waals surface area contributed by atoms with Gasteiger partial charge in [0.2, 0.25) is 11.8 Å². The van der Waals surface area contributed by atoms with Crippen molar-refractivity contribution in [2.24, 2.45) is 7.05 Å². The number of nitrogens with one attached hydrogen (secondary N) is 2. The molecular formula is C39H44N6O6. The monoisotopic (exact) mass is 692 g/mol. The quantitative estimate of drug-likeness (QED) is 0.252. The summed E-state index contributed by atoms with van der Waals surface area (Å²) >= 11 is 0. The lowest BCUT2D eigenvalue weighted by molar-refractivity contribution is -0.119. The van der Waals surface area contributed by atoms with Gasteiger partial charge >= 0.3 is 5.69 Å². The standard InChI is InChI=1S/C39H44N6O6/c1-22(46)19-45-20-29(37(49)43(4)38(45)50)35(48)40-30-11-7-9-27(24(30)3)26-8-6-10-28(23(26)2)31-18-25-12-13-32(34(25)36(41-31)51-5)44-17-16-39(21-44)15-14-33(47)42-39/h6-11,18,20,22,32,46H,12-17,19,21H2,1-5H3,(H,40,48)(H,42,47)/t22-,32?,39-/m0/s1. The number of pyridine rings is 1. The van der Waals surface area contributed by atoms with Gasteiger partial charge in [-0.2, -0.15) is 0 Å². The summed E-state index contributed by atoms with van der Waals surface area (Å²) in [6.07, 6.45) is 4.71. The first-order valence-corrected chi connectivity index (χ1v) is 17.5. The molecule has 0 saturated carbocycles. The van der Waals surface area contributed by atoms with E-state index in [1.807, 2.05) is 31.2 Å². The number of carbonyl (C=O) groups is 2. The van der Waals surface area contributed by atoms with Crippen LogP contribution in [0.4, 0.5) is 5.69 Å². The molecule has 4 heterocycles. The lowest BCUT2D eigenvalue weighted by Gasteiger charge is -2.28. The van der Waals surface area contributed by atoms with E-state index in [-0.39, 0.29) is 29.6 Å². The number of fused-ring (bicyclic) bond motifs is 1. The lowest BCUT2D eigenvalue weighted by atomic mass is 9.91. The molecule has 12 heteroatoms. The molecule has 2 saturated heterocycles. The van der Waals surface area contributed by atoms with Crippen LogP contribution in [0.3, 0.4) is 0 Å². The van der Waals surface area contributed by atoms with Crippen molar-refractivity contribution in [3.8, 4) is 28.3 Å². The van der Waals surface area contributed by atoms with Gasteiger partial charge in [-0.1, -0.05) is 30.3 Å². The number of aromatic nitrogens is 3. The van der Waals surface area contributed by atoms with Crippen molar-refractivity contribution < 1.29 is 19.4 Å². The summed E-state index contributed by atoms with van der Waals surface area (Å²) in [7, 11) is 2.99. The molecule has 1 spiro atoms. The molecule has 2 amide bonds. The van der Waals surface area contributed by atoms with Gasteiger partial charge in [0.15, 0.2) is 0 Å². The molecule has 12 nitrogen and oxygen atoms in total. The van der Waals surface area contributed by atoms with Crippen LogP contribution in [0.15, 0.2) is 58.3 Å². The predicted molar refractivity (Wildman–Crippen MR) is 194 cm³/mol. The van der Waals surface area contributed by atoms with Crippen LogP contribution in [-0.2, 0) is 24.8 Å². The summed E-state index contributed by atoms with van der Waals surface area (Å²) in [5.74, 6) is 0.141. The van der Waals surface area contributed by atoms with E-state index in [2.05, 4.69) is 34.6 Å². The maximum atomic E-state index is 13.4. The molecule has 266 valence electrons. The number of rotatable bonds is 8. The van der Waals surface area contributed by atoms with Gasteiger partial charge < -0.3 is 20.5 Å². The van der Waals surface area contributed by atoms with E-state index < -0.39 is 23.3 Å². The number of amides is 2. The molecule has 4 aromatic rings. The summed E-state index contributed by atoms with van der Waals surface area (Å²) in [5, 5.41) is 16.0. The van der Waals surface area contributed by atoms with E-state index in [0.717, 1.165) is 82.4 Å². The lowest BCUT2D eigenvalue weighted by Crippen LogP contribution is -2.44. The van der Waals surface area contributed by atoms with Crippen LogP contribution >= 0.6 is 0 Å². The van der Waals surface area contributed by atoms with Crippen LogP contribution < -0.4 is 26.6 Å². The molecule has 51 heavy (non-hydrogen) atoms. The highest BCUT2D eigenvalue weighted by atomic mass is 16.5. The first-order valence-electron chi connectivity index (χ1n) is 17.5. The molecular weight excluding hydrogens is 648 g/mol. The number of ether oxygens (including phenoxy) is 1. The van der Waals surface area contributed by atoms with Crippen molar-refractivity contribution in [1.82, 2.24) is 24.3 Å². The van der Waals surface area contributed by atoms with Gasteiger partial charge in [-0.15, -0.1) is 0 Å². The number of likely N-dealkylation sites (tertiary alicyclic amines) is 1. The minimum Gasteiger partial charge on any atom is -0.481 e. The van der Waals surface area contributed by atoms with Crippen LogP contribution in [0.25, 0.3) is 22.4 Å². The maximum absolute atomic E-state index is 13.4. The number of nitrogens with zero attached hydrogens (tertiary/aromatic N) is 4. The van der Waals surface area contributed by atoms with Gasteiger partial charge in [0.1, 0.15) is 5.56 Å². The molecule has 0 radical (unpaired) electrons. The molecule has 2 aromatic heterocycles. The van der Waals surface area contributed by atoms with E-state index in [0.29, 0.717) is 18.0 Å². The predicted octanol–water partition coefficient (Wildman–Crippen LogP) is 3.88. The number of hydrogen-bond acceptors (Lipinski definition) is 8. The second kappa shape index (κ2) is 13.2. The van der Waals surface area contributed by atoms with Gasteiger partial charge in [0.05, 0.1) is 31.0 Å². The number of methoxy groups -OCH3 is 1. The van der Waals surface area contributed by atoms with Crippen molar-refractivity contribution in [2.75, 3.05) is 25.5 Å². The Morgan fingerprint density at radius 3 is 2.51 bits per heavy atom. The molecule has 1 aliphatic carbocycles. The van der Waals surface area contributed by atoms with E-state index >= 15 is 0 Å². The molecule has 0 bridgehead atoms. The summed E-state index contributed by atoms with van der Waals surface area (Å²) in [4.78, 5) is 58.5. The van der Waals surface area contributed by atoms with Gasteiger partial charge in [0, 0.05) is 55.6 Å². The van der Waals surface area contributed by atoms with E-state index in [9.17, 15) is 24.3 Å². The Morgan fingerprint density at radius 1 is 1.08 bits per heavy atom. The normalized spacial score (nSPS) is 20.4. The Morgan fingerprint density at radius 2 is 1.80 bits per heavy atom. The largest absolute Gasteiger partial charge is 0.481 e. The third kappa shape index (κ3) is 6.16. The number of aryl methyl sites for hydroxylation is 1. The van der Waals surface area contributed by atoms with Crippen LogP contribution in [0, 0.1) is 13.8 Å². The number of aliphatic hydroxyl groups is 1. The Hall–Kier alpha value is -5.07. The number of carbonyl (C=O) groups excluding carboxylic acids is 2. The van der Waals surface area contributed by atoms with E-state index in [1.54, 1.807) is 13.2 Å².